The first-order chi connectivity index (χ1) is 7.86. The fourth-order valence-electron chi connectivity index (χ4n) is 1.99. The second-order valence-corrected chi connectivity index (χ2v) is 5.31. The number of hydrogen-bond donors (Lipinski definition) is 1. The molecule has 2 rings (SSSR count). The van der Waals surface area contributed by atoms with E-state index in [1.165, 1.54) is 16.9 Å². The summed E-state index contributed by atoms with van der Waals surface area (Å²) in [7, 11) is 0. The highest BCUT2D eigenvalue weighted by Gasteiger charge is 2.13. The number of aliphatic hydroxyl groups is 1. The fourth-order valence-corrected chi connectivity index (χ4v) is 2.92. The summed E-state index contributed by atoms with van der Waals surface area (Å²) in [5.74, 6) is 0.989. The highest BCUT2D eigenvalue weighted by molar-refractivity contribution is 7.99. The van der Waals surface area contributed by atoms with Gasteiger partial charge in [0.2, 0.25) is 0 Å². The van der Waals surface area contributed by atoms with Crippen molar-refractivity contribution in [3.8, 4) is 0 Å². The van der Waals surface area contributed by atoms with Gasteiger partial charge in [-0.05, 0) is 43.4 Å². The number of allylic oxidation sites excluding steroid dienone is 1. The maximum absolute atomic E-state index is 9.95. The van der Waals surface area contributed by atoms with Crippen molar-refractivity contribution < 1.29 is 5.11 Å². The summed E-state index contributed by atoms with van der Waals surface area (Å²) < 4.78 is 0. The molecule has 0 amide bonds. The quantitative estimate of drug-likeness (QED) is 0.620. The highest BCUT2D eigenvalue weighted by Crippen LogP contribution is 2.25. The largest absolute Gasteiger partial charge is 0.389 e. The third-order valence-corrected chi connectivity index (χ3v) is 3.95. The molecule has 1 aliphatic rings. The molecule has 1 N–H and O–H groups in total. The first kappa shape index (κ1) is 11.7. The Balaban J connectivity index is 1.72. The van der Waals surface area contributed by atoms with Crippen molar-refractivity contribution >= 4 is 11.8 Å². The Morgan fingerprint density at radius 3 is 2.75 bits per heavy atom. The second-order valence-electron chi connectivity index (χ2n) is 4.14. The van der Waals surface area contributed by atoms with Gasteiger partial charge in [0, 0.05) is 10.6 Å². The molecule has 16 heavy (non-hydrogen) atoms. The molecule has 0 saturated carbocycles. The van der Waals surface area contributed by atoms with Crippen molar-refractivity contribution in [2.24, 2.45) is 0 Å². The van der Waals surface area contributed by atoms with Gasteiger partial charge in [-0.1, -0.05) is 24.3 Å². The molecule has 0 heterocycles. The van der Waals surface area contributed by atoms with Gasteiger partial charge in [-0.2, -0.15) is 0 Å². The van der Waals surface area contributed by atoms with Gasteiger partial charge in [0.1, 0.15) is 0 Å². The minimum Gasteiger partial charge on any atom is -0.389 e. The van der Waals surface area contributed by atoms with Crippen molar-refractivity contribution in [1.29, 1.82) is 0 Å². The molecule has 1 aliphatic carbocycles. The molecule has 0 saturated heterocycles. The Morgan fingerprint density at radius 2 is 2.06 bits per heavy atom. The number of hydrogen-bond acceptors (Lipinski definition) is 2. The molecule has 2 heteroatoms. The number of thioether (sulfide) groups is 1. The van der Waals surface area contributed by atoms with Crippen LogP contribution < -0.4 is 0 Å². The normalized spacial score (nSPS) is 17.2. The molecular formula is C14H18OS. The molecule has 86 valence electrons. The van der Waals surface area contributed by atoms with Gasteiger partial charge in [-0.3, -0.25) is 0 Å². The van der Waals surface area contributed by atoms with Crippen molar-refractivity contribution in [2.45, 2.75) is 36.7 Å². The Labute approximate surface area is 102 Å². The van der Waals surface area contributed by atoms with E-state index in [1.54, 1.807) is 0 Å². The summed E-state index contributed by atoms with van der Waals surface area (Å²) in [5, 5.41) is 9.95. The predicted molar refractivity (Wildman–Crippen MR) is 69.7 cm³/mol. The summed E-state index contributed by atoms with van der Waals surface area (Å²) in [5.41, 5.74) is 1.26. The van der Waals surface area contributed by atoms with Gasteiger partial charge in [0.05, 0.1) is 6.10 Å². The van der Waals surface area contributed by atoms with E-state index in [0.717, 1.165) is 25.0 Å². The smallest absolute Gasteiger partial charge is 0.0758 e. The van der Waals surface area contributed by atoms with E-state index in [4.69, 9.17) is 0 Å². The van der Waals surface area contributed by atoms with Gasteiger partial charge in [-0.25, -0.2) is 0 Å². The van der Waals surface area contributed by atoms with Gasteiger partial charge >= 0.3 is 0 Å². The molecule has 0 spiro atoms. The third-order valence-electron chi connectivity index (χ3n) is 2.91. The first-order valence-electron chi connectivity index (χ1n) is 5.91. The zero-order chi connectivity index (χ0) is 11.2. The summed E-state index contributed by atoms with van der Waals surface area (Å²) in [6, 6.07) is 10.4. The number of aliphatic hydroxyl groups excluding tert-OH is 1. The maximum Gasteiger partial charge on any atom is 0.0758 e. The predicted octanol–water partition coefficient (Wildman–Crippen LogP) is 3.64. The molecule has 0 fully saturated rings. The van der Waals surface area contributed by atoms with Crippen LogP contribution in [0, 0.1) is 0 Å². The van der Waals surface area contributed by atoms with E-state index < -0.39 is 0 Å². The first-order valence-corrected chi connectivity index (χ1v) is 6.89. The second kappa shape index (κ2) is 6.12. The SMILES string of the molecule is OC(CCSc1ccccc1)C1=CCCC1. The summed E-state index contributed by atoms with van der Waals surface area (Å²) in [4.78, 5) is 1.29. The van der Waals surface area contributed by atoms with Gasteiger partial charge in [0.15, 0.2) is 0 Å². The molecule has 0 radical (unpaired) electrons. The van der Waals surface area contributed by atoms with Crippen LogP contribution in [0.25, 0.3) is 0 Å². The van der Waals surface area contributed by atoms with Crippen LogP contribution in [-0.4, -0.2) is 17.0 Å². The van der Waals surface area contributed by atoms with Crippen LogP contribution in [0.15, 0.2) is 46.9 Å². The standard InChI is InChI=1S/C14H18OS/c15-14(12-6-4-5-7-12)10-11-16-13-8-2-1-3-9-13/h1-3,6,8-9,14-15H,4-5,7,10-11H2. The Bertz CT molecular complexity index is 345. The van der Waals surface area contributed by atoms with Crippen LogP contribution in [0.2, 0.25) is 0 Å². The van der Waals surface area contributed by atoms with Gasteiger partial charge in [0.25, 0.3) is 0 Å². The lowest BCUT2D eigenvalue weighted by atomic mass is 10.1. The molecule has 1 aromatic carbocycles. The molecule has 1 aromatic rings. The summed E-state index contributed by atoms with van der Waals surface area (Å²) >= 11 is 1.82. The van der Waals surface area contributed by atoms with Gasteiger partial charge in [-0.15, -0.1) is 11.8 Å². The molecule has 1 nitrogen and oxygen atoms in total. The van der Waals surface area contributed by atoms with E-state index in [1.807, 2.05) is 17.8 Å². The van der Waals surface area contributed by atoms with Gasteiger partial charge < -0.3 is 5.11 Å². The van der Waals surface area contributed by atoms with E-state index in [-0.39, 0.29) is 6.10 Å². The number of benzene rings is 1. The van der Waals surface area contributed by atoms with Crippen LogP contribution in [0.1, 0.15) is 25.7 Å². The molecule has 0 bridgehead atoms. The molecule has 0 aliphatic heterocycles. The monoisotopic (exact) mass is 234 g/mol. The summed E-state index contributed by atoms with van der Waals surface area (Å²) in [6.07, 6.45) is 6.33. The van der Waals surface area contributed by atoms with Crippen LogP contribution in [0.4, 0.5) is 0 Å². The van der Waals surface area contributed by atoms with E-state index >= 15 is 0 Å². The van der Waals surface area contributed by atoms with E-state index in [9.17, 15) is 5.11 Å². The topological polar surface area (TPSA) is 20.2 Å². The average molecular weight is 234 g/mol. The van der Waals surface area contributed by atoms with Crippen molar-refractivity contribution in [2.75, 3.05) is 5.75 Å². The zero-order valence-corrected chi connectivity index (χ0v) is 10.2. The van der Waals surface area contributed by atoms with Crippen LogP contribution in [-0.2, 0) is 0 Å². The molecule has 1 atom stereocenters. The lowest BCUT2D eigenvalue weighted by Gasteiger charge is -2.11. The van der Waals surface area contributed by atoms with E-state index in [0.29, 0.717) is 0 Å². The lowest BCUT2D eigenvalue weighted by Crippen LogP contribution is -2.09. The Hall–Kier alpha value is -0.730. The minimum atomic E-state index is -0.210. The lowest BCUT2D eigenvalue weighted by molar-refractivity contribution is 0.205. The minimum absolute atomic E-state index is 0.210. The summed E-state index contributed by atoms with van der Waals surface area (Å²) in [6.45, 7) is 0. The molecule has 0 aromatic heterocycles. The van der Waals surface area contributed by atoms with Crippen LogP contribution in [0.3, 0.4) is 0 Å². The Morgan fingerprint density at radius 1 is 1.25 bits per heavy atom. The fraction of sp³-hybridized carbons (Fsp3) is 0.429. The van der Waals surface area contributed by atoms with Crippen molar-refractivity contribution in [3.63, 3.8) is 0 Å². The van der Waals surface area contributed by atoms with Crippen molar-refractivity contribution in [1.82, 2.24) is 0 Å². The Kier molecular flexibility index (Phi) is 4.49. The molecule has 1 unspecified atom stereocenters. The number of rotatable bonds is 5. The highest BCUT2D eigenvalue weighted by atomic mass is 32.2. The van der Waals surface area contributed by atoms with Crippen LogP contribution in [0.5, 0.6) is 0 Å². The zero-order valence-electron chi connectivity index (χ0n) is 9.43. The molecular weight excluding hydrogens is 216 g/mol. The van der Waals surface area contributed by atoms with Crippen LogP contribution >= 0.6 is 11.8 Å². The van der Waals surface area contributed by atoms with E-state index in [2.05, 4.69) is 30.3 Å². The maximum atomic E-state index is 9.95. The van der Waals surface area contributed by atoms with Crippen molar-refractivity contribution in [3.05, 3.63) is 42.0 Å². The third kappa shape index (κ3) is 3.39. The average Bonchev–Trinajstić information content (AvgIpc) is 2.84.